The van der Waals surface area contributed by atoms with Crippen molar-refractivity contribution in [3.63, 3.8) is 0 Å². The Balaban J connectivity index is 2.00. The zero-order valence-corrected chi connectivity index (χ0v) is 15.1. The van der Waals surface area contributed by atoms with Crippen LogP contribution in [0.2, 0.25) is 0 Å². The number of carbonyl (C=O) groups excluding carboxylic acids is 1. The number of hydrogen-bond acceptors (Lipinski definition) is 4. The van der Waals surface area contributed by atoms with Gasteiger partial charge in [0.25, 0.3) is 5.91 Å². The molecule has 0 radical (unpaired) electrons. The van der Waals surface area contributed by atoms with Gasteiger partial charge in [-0.25, -0.2) is 8.42 Å². The summed E-state index contributed by atoms with van der Waals surface area (Å²) in [6.45, 7) is 1.95. The highest BCUT2D eigenvalue weighted by Gasteiger charge is 2.39. The third kappa shape index (κ3) is 2.83. The minimum absolute atomic E-state index is 0.155. The van der Waals surface area contributed by atoms with E-state index < -0.39 is 15.1 Å². The number of benzene rings is 1. The SMILES string of the molecule is CCc1oc2ccccc2c1C(=O)N(C)[C@@H]1CCC[C@H]1S(C)(=O)=O. The Hall–Kier alpha value is -1.82. The predicted octanol–water partition coefficient (Wildman–Crippen LogP) is 3.03. The number of rotatable bonds is 4. The maximum absolute atomic E-state index is 13.1. The molecule has 1 amide bonds. The molecule has 0 spiro atoms. The van der Waals surface area contributed by atoms with E-state index in [4.69, 9.17) is 4.42 Å². The Morgan fingerprint density at radius 3 is 2.67 bits per heavy atom. The fourth-order valence-corrected chi connectivity index (χ4v) is 5.24. The molecule has 2 atom stereocenters. The molecule has 3 rings (SSSR count). The summed E-state index contributed by atoms with van der Waals surface area (Å²) in [7, 11) is -1.47. The van der Waals surface area contributed by atoms with Crippen LogP contribution in [-0.4, -0.2) is 43.8 Å². The van der Waals surface area contributed by atoms with Crippen LogP contribution in [0.3, 0.4) is 0 Å². The molecule has 1 aliphatic rings. The van der Waals surface area contributed by atoms with E-state index >= 15 is 0 Å². The van der Waals surface area contributed by atoms with Crippen LogP contribution in [0, 0.1) is 0 Å². The molecule has 5 nitrogen and oxygen atoms in total. The topological polar surface area (TPSA) is 67.6 Å². The molecule has 1 aliphatic carbocycles. The van der Waals surface area contributed by atoms with E-state index in [1.54, 1.807) is 11.9 Å². The van der Waals surface area contributed by atoms with Gasteiger partial charge in [-0.1, -0.05) is 25.1 Å². The van der Waals surface area contributed by atoms with E-state index in [1.807, 2.05) is 31.2 Å². The molecule has 1 saturated carbocycles. The van der Waals surface area contributed by atoms with E-state index in [9.17, 15) is 13.2 Å². The van der Waals surface area contributed by atoms with Crippen LogP contribution >= 0.6 is 0 Å². The molecular formula is C18H23NO4S. The summed E-state index contributed by atoms with van der Waals surface area (Å²) in [5, 5.41) is 0.315. The van der Waals surface area contributed by atoms with Crippen LogP contribution in [0.4, 0.5) is 0 Å². The van der Waals surface area contributed by atoms with Gasteiger partial charge in [0, 0.05) is 31.2 Å². The largest absolute Gasteiger partial charge is 0.460 e. The third-order valence-electron chi connectivity index (χ3n) is 4.99. The molecule has 2 aromatic rings. The molecule has 0 aliphatic heterocycles. The van der Waals surface area contributed by atoms with E-state index in [2.05, 4.69) is 0 Å². The van der Waals surface area contributed by atoms with Crippen molar-refractivity contribution in [2.75, 3.05) is 13.3 Å². The second kappa shape index (κ2) is 6.24. The fraction of sp³-hybridized carbons (Fsp3) is 0.500. The maximum Gasteiger partial charge on any atom is 0.258 e. The lowest BCUT2D eigenvalue weighted by molar-refractivity contribution is 0.0737. The average Bonchev–Trinajstić information content (AvgIpc) is 3.17. The monoisotopic (exact) mass is 349 g/mol. The van der Waals surface area contributed by atoms with E-state index in [1.165, 1.54) is 6.26 Å². The minimum Gasteiger partial charge on any atom is -0.460 e. The van der Waals surface area contributed by atoms with Gasteiger partial charge in [0.1, 0.15) is 11.3 Å². The Morgan fingerprint density at radius 1 is 1.29 bits per heavy atom. The Kier molecular flexibility index (Phi) is 4.42. The third-order valence-corrected chi connectivity index (χ3v) is 6.64. The van der Waals surface area contributed by atoms with Gasteiger partial charge in [-0.3, -0.25) is 4.79 Å². The highest BCUT2D eigenvalue weighted by Crippen LogP contribution is 2.32. The zero-order chi connectivity index (χ0) is 17.5. The number of para-hydroxylation sites is 1. The van der Waals surface area contributed by atoms with Crippen LogP contribution in [-0.2, 0) is 16.3 Å². The number of amides is 1. The number of fused-ring (bicyclic) bond motifs is 1. The number of hydrogen-bond donors (Lipinski definition) is 0. The molecule has 1 aromatic heterocycles. The molecule has 24 heavy (non-hydrogen) atoms. The van der Waals surface area contributed by atoms with Crippen LogP contribution < -0.4 is 0 Å². The Morgan fingerprint density at radius 2 is 2.00 bits per heavy atom. The summed E-state index contributed by atoms with van der Waals surface area (Å²) >= 11 is 0. The van der Waals surface area contributed by atoms with Gasteiger partial charge in [0.2, 0.25) is 0 Å². The normalized spacial score (nSPS) is 21.3. The van der Waals surface area contributed by atoms with Crippen molar-refractivity contribution in [2.24, 2.45) is 0 Å². The summed E-state index contributed by atoms with van der Waals surface area (Å²) < 4.78 is 29.9. The second-order valence-corrected chi connectivity index (χ2v) is 8.80. The summed E-state index contributed by atoms with van der Waals surface area (Å²) in [4.78, 5) is 14.7. The maximum atomic E-state index is 13.1. The lowest BCUT2D eigenvalue weighted by Crippen LogP contribution is -2.44. The average molecular weight is 349 g/mol. The lowest BCUT2D eigenvalue weighted by atomic mass is 10.1. The van der Waals surface area contributed by atoms with Crippen molar-refractivity contribution >= 4 is 26.7 Å². The highest BCUT2D eigenvalue weighted by molar-refractivity contribution is 7.91. The molecule has 6 heteroatoms. The Labute approximate surface area is 142 Å². The van der Waals surface area contributed by atoms with Crippen LogP contribution in [0.5, 0.6) is 0 Å². The van der Waals surface area contributed by atoms with Crippen LogP contribution in [0.25, 0.3) is 11.0 Å². The Bertz CT molecular complexity index is 868. The number of sulfone groups is 1. The molecule has 0 N–H and O–H groups in total. The van der Waals surface area contributed by atoms with Gasteiger partial charge >= 0.3 is 0 Å². The molecule has 1 fully saturated rings. The highest BCUT2D eigenvalue weighted by atomic mass is 32.2. The summed E-state index contributed by atoms with van der Waals surface area (Å²) in [5.41, 5.74) is 1.26. The molecular weight excluding hydrogens is 326 g/mol. The summed E-state index contributed by atoms with van der Waals surface area (Å²) in [6.07, 6.45) is 4.04. The lowest BCUT2D eigenvalue weighted by Gasteiger charge is -2.29. The van der Waals surface area contributed by atoms with Crippen molar-refractivity contribution in [2.45, 2.75) is 43.9 Å². The molecule has 1 heterocycles. The van der Waals surface area contributed by atoms with Crippen molar-refractivity contribution in [3.05, 3.63) is 35.6 Å². The van der Waals surface area contributed by atoms with E-state index in [0.29, 0.717) is 29.7 Å². The van der Waals surface area contributed by atoms with Gasteiger partial charge in [0.15, 0.2) is 9.84 Å². The van der Waals surface area contributed by atoms with Gasteiger partial charge < -0.3 is 9.32 Å². The number of aryl methyl sites for hydroxylation is 1. The minimum atomic E-state index is -3.17. The first-order valence-corrected chi connectivity index (χ1v) is 10.3. The van der Waals surface area contributed by atoms with Gasteiger partial charge in [-0.2, -0.15) is 0 Å². The molecule has 0 bridgehead atoms. The molecule has 1 aromatic carbocycles. The second-order valence-electron chi connectivity index (χ2n) is 6.53. The fourth-order valence-electron chi connectivity index (χ4n) is 3.76. The zero-order valence-electron chi connectivity index (χ0n) is 14.3. The van der Waals surface area contributed by atoms with Gasteiger partial charge in [0.05, 0.1) is 10.8 Å². The van der Waals surface area contributed by atoms with E-state index in [-0.39, 0.29) is 11.9 Å². The van der Waals surface area contributed by atoms with Crippen molar-refractivity contribution in [1.82, 2.24) is 4.90 Å². The van der Waals surface area contributed by atoms with Crippen molar-refractivity contribution in [1.29, 1.82) is 0 Å². The number of nitrogens with zero attached hydrogens (tertiary/aromatic N) is 1. The standard InChI is InChI=1S/C18H23NO4S/c1-4-14-17(12-8-5-6-10-15(12)23-14)18(20)19(2)13-9-7-11-16(13)24(3,21)22/h5-6,8,10,13,16H,4,7,9,11H2,1-3H3/t13-,16-/m1/s1. The van der Waals surface area contributed by atoms with Gasteiger partial charge in [-0.05, 0) is 25.3 Å². The van der Waals surface area contributed by atoms with E-state index in [0.717, 1.165) is 18.2 Å². The van der Waals surface area contributed by atoms with Crippen LogP contribution in [0.1, 0.15) is 42.3 Å². The first-order chi connectivity index (χ1) is 11.3. The predicted molar refractivity (Wildman–Crippen MR) is 94.0 cm³/mol. The van der Waals surface area contributed by atoms with Crippen molar-refractivity contribution in [3.8, 4) is 0 Å². The molecule has 130 valence electrons. The first kappa shape index (κ1) is 17.0. The van der Waals surface area contributed by atoms with Crippen LogP contribution in [0.15, 0.2) is 28.7 Å². The quantitative estimate of drug-likeness (QED) is 0.851. The number of carbonyl (C=O) groups is 1. The molecule has 0 saturated heterocycles. The van der Waals surface area contributed by atoms with Crippen molar-refractivity contribution < 1.29 is 17.6 Å². The van der Waals surface area contributed by atoms with Gasteiger partial charge in [-0.15, -0.1) is 0 Å². The first-order valence-electron chi connectivity index (χ1n) is 8.31. The summed E-state index contributed by atoms with van der Waals surface area (Å²) in [6, 6.07) is 7.20. The molecule has 0 unspecified atom stereocenters. The number of furan rings is 1. The smallest absolute Gasteiger partial charge is 0.258 e. The summed E-state index contributed by atoms with van der Waals surface area (Å²) in [5.74, 6) is 0.499.